The molecule has 0 unspecified atom stereocenters. The van der Waals surface area contributed by atoms with E-state index in [4.69, 9.17) is 0 Å². The first-order chi connectivity index (χ1) is 8.72. The predicted molar refractivity (Wildman–Crippen MR) is 84.2 cm³/mol. The maximum Gasteiger partial charge on any atom is 0.00385 e. The minimum atomic E-state index is 0.724. The molecule has 0 radical (unpaired) electrons. The summed E-state index contributed by atoms with van der Waals surface area (Å²) in [6.07, 6.45) is 14.0. The average molecular weight is 255 g/mol. The second-order valence-electron chi connectivity index (χ2n) is 5.96. The quantitative estimate of drug-likeness (QED) is 0.385. The van der Waals surface area contributed by atoms with Crippen molar-refractivity contribution in [2.75, 3.05) is 13.1 Å². The first-order valence-electron chi connectivity index (χ1n) is 8.46. The van der Waals surface area contributed by atoms with Crippen molar-refractivity contribution in [3.8, 4) is 0 Å². The summed E-state index contributed by atoms with van der Waals surface area (Å²) < 4.78 is 0. The molecular weight excluding hydrogens is 218 g/mol. The summed E-state index contributed by atoms with van der Waals surface area (Å²) in [5.41, 5.74) is 0. The highest BCUT2D eigenvalue weighted by Crippen LogP contribution is 2.09. The number of nitrogens with zero attached hydrogens (tertiary/aromatic N) is 1. The lowest BCUT2D eigenvalue weighted by Gasteiger charge is -2.26. The van der Waals surface area contributed by atoms with Crippen molar-refractivity contribution in [2.24, 2.45) is 0 Å². The molecule has 0 bridgehead atoms. The van der Waals surface area contributed by atoms with Crippen molar-refractivity contribution in [2.45, 2.75) is 97.9 Å². The minimum absolute atomic E-state index is 0.724. The molecule has 0 aliphatic rings. The summed E-state index contributed by atoms with van der Waals surface area (Å²) in [5.74, 6) is 0. The molecule has 1 nitrogen and oxygen atoms in total. The van der Waals surface area contributed by atoms with Gasteiger partial charge in [-0.1, -0.05) is 65.2 Å². The van der Waals surface area contributed by atoms with Crippen LogP contribution in [0.1, 0.15) is 91.9 Å². The molecule has 0 aliphatic heterocycles. The van der Waals surface area contributed by atoms with E-state index >= 15 is 0 Å². The third-order valence-corrected chi connectivity index (χ3v) is 3.83. The fourth-order valence-electron chi connectivity index (χ4n) is 2.47. The lowest BCUT2D eigenvalue weighted by atomic mass is 10.1. The second kappa shape index (κ2) is 13.4. The van der Waals surface area contributed by atoms with Gasteiger partial charge in [-0.25, -0.2) is 0 Å². The van der Waals surface area contributed by atoms with Crippen LogP contribution in [0.3, 0.4) is 0 Å². The van der Waals surface area contributed by atoms with Crippen LogP contribution in [-0.4, -0.2) is 24.0 Å². The van der Waals surface area contributed by atoms with Gasteiger partial charge in [0.2, 0.25) is 0 Å². The SMILES string of the molecule is CCCCCCCN(CCCCCCC)C(C)C. The minimum Gasteiger partial charge on any atom is -0.301 e. The van der Waals surface area contributed by atoms with E-state index in [2.05, 4.69) is 32.6 Å². The number of unbranched alkanes of at least 4 members (excludes halogenated alkanes) is 8. The van der Waals surface area contributed by atoms with Crippen LogP contribution in [0.25, 0.3) is 0 Å². The normalized spacial score (nSPS) is 11.7. The molecule has 0 saturated carbocycles. The molecule has 0 aromatic rings. The Morgan fingerprint density at radius 2 is 1.00 bits per heavy atom. The smallest absolute Gasteiger partial charge is 0.00385 e. The van der Waals surface area contributed by atoms with Crippen LogP contribution >= 0.6 is 0 Å². The highest BCUT2D eigenvalue weighted by molar-refractivity contribution is 4.63. The van der Waals surface area contributed by atoms with E-state index in [0.29, 0.717) is 0 Å². The third kappa shape index (κ3) is 11.1. The summed E-state index contributed by atoms with van der Waals surface area (Å²) >= 11 is 0. The standard InChI is InChI=1S/C17H37N/c1-5-7-9-11-13-15-18(17(3)4)16-14-12-10-8-6-2/h17H,5-16H2,1-4H3. The van der Waals surface area contributed by atoms with Crippen LogP contribution in [0, 0.1) is 0 Å². The molecule has 0 heterocycles. The van der Waals surface area contributed by atoms with E-state index in [1.54, 1.807) is 0 Å². The molecule has 0 aromatic heterocycles. The molecule has 0 aromatic carbocycles. The van der Waals surface area contributed by atoms with E-state index in [1.807, 2.05) is 0 Å². The van der Waals surface area contributed by atoms with Gasteiger partial charge in [0, 0.05) is 6.04 Å². The molecule has 0 aliphatic carbocycles. The van der Waals surface area contributed by atoms with Crippen LogP contribution in [0.15, 0.2) is 0 Å². The Morgan fingerprint density at radius 3 is 1.33 bits per heavy atom. The zero-order valence-electron chi connectivity index (χ0n) is 13.5. The van der Waals surface area contributed by atoms with Crippen LogP contribution in [0.4, 0.5) is 0 Å². The Balaban J connectivity index is 3.53. The van der Waals surface area contributed by atoms with E-state index in [-0.39, 0.29) is 0 Å². The van der Waals surface area contributed by atoms with Gasteiger partial charge in [-0.05, 0) is 39.8 Å². The van der Waals surface area contributed by atoms with Crippen LogP contribution in [-0.2, 0) is 0 Å². The monoisotopic (exact) mass is 255 g/mol. The second-order valence-corrected chi connectivity index (χ2v) is 5.96. The summed E-state index contributed by atoms with van der Waals surface area (Å²) in [6.45, 7) is 11.9. The van der Waals surface area contributed by atoms with E-state index in [1.165, 1.54) is 77.3 Å². The van der Waals surface area contributed by atoms with Gasteiger partial charge in [-0.3, -0.25) is 0 Å². The molecule has 110 valence electrons. The van der Waals surface area contributed by atoms with Crippen molar-refractivity contribution in [1.29, 1.82) is 0 Å². The molecule has 0 atom stereocenters. The Kier molecular flexibility index (Phi) is 13.4. The number of hydrogen-bond acceptors (Lipinski definition) is 1. The van der Waals surface area contributed by atoms with E-state index < -0.39 is 0 Å². The van der Waals surface area contributed by atoms with Crippen molar-refractivity contribution in [1.82, 2.24) is 4.90 Å². The Labute approximate surface area is 116 Å². The summed E-state index contributed by atoms with van der Waals surface area (Å²) in [6, 6.07) is 0.724. The van der Waals surface area contributed by atoms with Crippen LogP contribution < -0.4 is 0 Å². The van der Waals surface area contributed by atoms with Gasteiger partial charge < -0.3 is 4.90 Å². The van der Waals surface area contributed by atoms with Gasteiger partial charge >= 0.3 is 0 Å². The molecule has 0 fully saturated rings. The summed E-state index contributed by atoms with van der Waals surface area (Å²) in [5, 5.41) is 0. The third-order valence-electron chi connectivity index (χ3n) is 3.83. The predicted octanol–water partition coefficient (Wildman–Crippen LogP) is 5.64. The molecular formula is C17H37N. The lowest BCUT2D eigenvalue weighted by molar-refractivity contribution is 0.212. The van der Waals surface area contributed by atoms with Gasteiger partial charge in [0.15, 0.2) is 0 Å². The van der Waals surface area contributed by atoms with Crippen molar-refractivity contribution in [3.63, 3.8) is 0 Å². The van der Waals surface area contributed by atoms with Crippen molar-refractivity contribution in [3.05, 3.63) is 0 Å². The molecule has 0 amide bonds. The van der Waals surface area contributed by atoms with Crippen molar-refractivity contribution >= 4 is 0 Å². The molecule has 0 saturated heterocycles. The summed E-state index contributed by atoms with van der Waals surface area (Å²) in [4.78, 5) is 2.68. The highest BCUT2D eigenvalue weighted by atomic mass is 15.1. The fraction of sp³-hybridized carbons (Fsp3) is 1.00. The van der Waals surface area contributed by atoms with Gasteiger partial charge in [0.1, 0.15) is 0 Å². The van der Waals surface area contributed by atoms with E-state index in [0.717, 1.165) is 6.04 Å². The molecule has 1 heteroatoms. The average Bonchev–Trinajstić information content (AvgIpc) is 2.35. The first kappa shape index (κ1) is 18.0. The zero-order chi connectivity index (χ0) is 13.6. The van der Waals surface area contributed by atoms with Crippen molar-refractivity contribution < 1.29 is 0 Å². The molecule has 0 rings (SSSR count). The van der Waals surface area contributed by atoms with Crippen LogP contribution in [0.2, 0.25) is 0 Å². The summed E-state index contributed by atoms with van der Waals surface area (Å²) in [7, 11) is 0. The molecule has 18 heavy (non-hydrogen) atoms. The Morgan fingerprint density at radius 1 is 0.611 bits per heavy atom. The maximum absolute atomic E-state index is 2.68. The maximum atomic E-state index is 2.68. The first-order valence-corrected chi connectivity index (χ1v) is 8.46. The van der Waals surface area contributed by atoms with Crippen LogP contribution in [0.5, 0.6) is 0 Å². The zero-order valence-corrected chi connectivity index (χ0v) is 13.5. The highest BCUT2D eigenvalue weighted by Gasteiger charge is 2.08. The van der Waals surface area contributed by atoms with Gasteiger partial charge in [-0.2, -0.15) is 0 Å². The lowest BCUT2D eigenvalue weighted by Crippen LogP contribution is -2.32. The number of rotatable bonds is 13. The Hall–Kier alpha value is -0.0400. The number of hydrogen-bond donors (Lipinski definition) is 0. The van der Waals surface area contributed by atoms with Gasteiger partial charge in [0.05, 0.1) is 0 Å². The molecule has 0 spiro atoms. The van der Waals surface area contributed by atoms with Gasteiger partial charge in [-0.15, -0.1) is 0 Å². The largest absolute Gasteiger partial charge is 0.301 e. The molecule has 0 N–H and O–H groups in total. The van der Waals surface area contributed by atoms with E-state index in [9.17, 15) is 0 Å². The van der Waals surface area contributed by atoms with Gasteiger partial charge in [0.25, 0.3) is 0 Å². The topological polar surface area (TPSA) is 3.24 Å². The fourth-order valence-corrected chi connectivity index (χ4v) is 2.47. The Bertz CT molecular complexity index is 140.